The Morgan fingerprint density at radius 3 is 2.63 bits per heavy atom. The van der Waals surface area contributed by atoms with Crippen LogP contribution in [-0.2, 0) is 6.61 Å². The maximum Gasteiger partial charge on any atom is 0.139 e. The van der Waals surface area contributed by atoms with Gasteiger partial charge in [0.2, 0.25) is 0 Å². The highest BCUT2D eigenvalue weighted by Gasteiger charge is 2.06. The molecule has 0 saturated carbocycles. The van der Waals surface area contributed by atoms with Crippen LogP contribution in [0.1, 0.15) is 5.56 Å². The van der Waals surface area contributed by atoms with E-state index in [1.54, 1.807) is 25.3 Å². The largest absolute Gasteiger partial charge is 0.497 e. The molecule has 2 rings (SSSR count). The second kappa shape index (κ2) is 6.51. The Morgan fingerprint density at radius 2 is 1.89 bits per heavy atom. The van der Waals surface area contributed by atoms with Gasteiger partial charge in [0.15, 0.2) is 0 Å². The van der Waals surface area contributed by atoms with Crippen molar-refractivity contribution in [3.8, 4) is 11.5 Å². The number of ether oxygens (including phenoxy) is 2. The monoisotopic (exact) mass is 360 g/mol. The summed E-state index contributed by atoms with van der Waals surface area (Å²) in [5.74, 6) is 1.34. The number of benzene rings is 2. The number of methoxy groups -OCH3 is 1. The summed E-state index contributed by atoms with van der Waals surface area (Å²) >= 11 is 15.4. The predicted molar refractivity (Wildman–Crippen MR) is 81.5 cm³/mol. The van der Waals surface area contributed by atoms with Crippen molar-refractivity contribution < 1.29 is 9.47 Å². The maximum absolute atomic E-state index is 6.04. The Bertz CT molecular complexity index is 588. The molecule has 0 aliphatic rings. The van der Waals surface area contributed by atoms with E-state index in [4.69, 9.17) is 32.7 Å². The minimum absolute atomic E-state index is 0.373. The molecule has 2 aromatic carbocycles. The van der Waals surface area contributed by atoms with E-state index in [1.807, 2.05) is 18.2 Å². The van der Waals surface area contributed by atoms with Crippen LogP contribution in [0.15, 0.2) is 40.9 Å². The van der Waals surface area contributed by atoms with E-state index in [0.29, 0.717) is 22.4 Å². The predicted octanol–water partition coefficient (Wildman–Crippen LogP) is 5.34. The van der Waals surface area contributed by atoms with Crippen molar-refractivity contribution in [2.45, 2.75) is 6.61 Å². The van der Waals surface area contributed by atoms with E-state index >= 15 is 0 Å². The Hall–Kier alpha value is -0.900. The molecule has 19 heavy (non-hydrogen) atoms. The molecule has 100 valence electrons. The van der Waals surface area contributed by atoms with Gasteiger partial charge in [-0.15, -0.1) is 0 Å². The zero-order valence-corrected chi connectivity index (χ0v) is 13.2. The first-order valence-corrected chi connectivity index (χ1v) is 7.05. The summed E-state index contributed by atoms with van der Waals surface area (Å²) in [7, 11) is 1.63. The van der Waals surface area contributed by atoms with E-state index in [0.717, 1.165) is 15.8 Å². The molecule has 0 fully saturated rings. The van der Waals surface area contributed by atoms with Crippen LogP contribution in [0.3, 0.4) is 0 Å². The van der Waals surface area contributed by atoms with Crippen LogP contribution >= 0.6 is 39.1 Å². The lowest BCUT2D eigenvalue weighted by molar-refractivity contribution is 0.304. The van der Waals surface area contributed by atoms with Crippen molar-refractivity contribution in [2.24, 2.45) is 0 Å². The molecule has 0 aromatic heterocycles. The molecule has 5 heteroatoms. The van der Waals surface area contributed by atoms with Gasteiger partial charge in [-0.1, -0.05) is 39.1 Å². The summed E-state index contributed by atoms with van der Waals surface area (Å²) in [4.78, 5) is 0. The summed E-state index contributed by atoms with van der Waals surface area (Å²) in [5.41, 5.74) is 0.968. The zero-order chi connectivity index (χ0) is 13.8. The van der Waals surface area contributed by atoms with Gasteiger partial charge in [0.05, 0.1) is 12.1 Å². The molecule has 0 radical (unpaired) electrons. The van der Waals surface area contributed by atoms with Crippen molar-refractivity contribution in [1.29, 1.82) is 0 Å². The Balaban J connectivity index is 2.16. The van der Waals surface area contributed by atoms with Gasteiger partial charge >= 0.3 is 0 Å². The van der Waals surface area contributed by atoms with Gasteiger partial charge in [0, 0.05) is 21.1 Å². The lowest BCUT2D eigenvalue weighted by Crippen LogP contribution is -1.98. The number of rotatable bonds is 4. The third-order valence-electron chi connectivity index (χ3n) is 2.53. The minimum Gasteiger partial charge on any atom is -0.497 e. The second-order valence-corrected chi connectivity index (χ2v) is 5.52. The molecule has 2 nitrogen and oxygen atoms in total. The smallest absolute Gasteiger partial charge is 0.139 e. The highest BCUT2D eigenvalue weighted by Crippen LogP contribution is 2.30. The van der Waals surface area contributed by atoms with Crippen LogP contribution in [0.2, 0.25) is 10.0 Å². The standard InChI is InChI=1S/C14H11BrCl2O2/c1-18-11-3-4-12(15)9(6-11)8-19-14-7-10(16)2-5-13(14)17/h2-7H,8H2,1H3. The van der Waals surface area contributed by atoms with Gasteiger partial charge in [-0.25, -0.2) is 0 Å². The van der Waals surface area contributed by atoms with E-state index in [9.17, 15) is 0 Å². The average Bonchev–Trinajstić information content (AvgIpc) is 2.41. The topological polar surface area (TPSA) is 18.5 Å². The molecule has 0 amide bonds. The van der Waals surface area contributed by atoms with Crippen molar-refractivity contribution >= 4 is 39.1 Å². The molecule has 0 saturated heterocycles. The van der Waals surface area contributed by atoms with Crippen molar-refractivity contribution in [3.05, 3.63) is 56.5 Å². The molecular weight excluding hydrogens is 351 g/mol. The van der Waals surface area contributed by atoms with E-state index in [2.05, 4.69) is 15.9 Å². The van der Waals surface area contributed by atoms with E-state index in [-0.39, 0.29) is 0 Å². The fourth-order valence-corrected chi connectivity index (χ4v) is 2.23. The lowest BCUT2D eigenvalue weighted by Gasteiger charge is -2.11. The van der Waals surface area contributed by atoms with Gasteiger partial charge in [-0.2, -0.15) is 0 Å². The van der Waals surface area contributed by atoms with Crippen LogP contribution in [0.25, 0.3) is 0 Å². The van der Waals surface area contributed by atoms with Crippen molar-refractivity contribution in [1.82, 2.24) is 0 Å². The number of hydrogen-bond acceptors (Lipinski definition) is 2. The summed E-state index contributed by atoms with van der Waals surface area (Å²) in [5, 5.41) is 1.12. The maximum atomic E-state index is 6.04. The van der Waals surface area contributed by atoms with Crippen LogP contribution in [-0.4, -0.2) is 7.11 Å². The Kier molecular flexibility index (Phi) is 4.97. The molecule has 0 bridgehead atoms. The van der Waals surface area contributed by atoms with Crippen LogP contribution in [0.5, 0.6) is 11.5 Å². The van der Waals surface area contributed by atoms with Gasteiger partial charge < -0.3 is 9.47 Å². The molecule has 0 unspecified atom stereocenters. The molecule has 0 aliphatic carbocycles. The molecule has 0 aliphatic heterocycles. The van der Waals surface area contributed by atoms with E-state index < -0.39 is 0 Å². The molecule has 0 spiro atoms. The Labute approximate surface area is 130 Å². The van der Waals surface area contributed by atoms with Gasteiger partial charge in [-0.3, -0.25) is 0 Å². The number of halogens is 3. The third kappa shape index (κ3) is 3.78. The van der Waals surface area contributed by atoms with Gasteiger partial charge in [-0.05, 0) is 30.3 Å². The van der Waals surface area contributed by atoms with Crippen LogP contribution in [0.4, 0.5) is 0 Å². The number of hydrogen-bond donors (Lipinski definition) is 0. The molecule has 0 atom stereocenters. The summed E-state index contributed by atoms with van der Waals surface area (Å²) < 4.78 is 11.8. The second-order valence-electron chi connectivity index (χ2n) is 3.82. The highest BCUT2D eigenvalue weighted by atomic mass is 79.9. The molecule has 0 heterocycles. The summed E-state index contributed by atoms with van der Waals surface area (Å²) in [6, 6.07) is 10.8. The van der Waals surface area contributed by atoms with Crippen molar-refractivity contribution in [3.63, 3.8) is 0 Å². The lowest BCUT2D eigenvalue weighted by atomic mass is 10.2. The normalized spacial score (nSPS) is 10.3. The quantitative estimate of drug-likeness (QED) is 0.731. The molecular formula is C14H11BrCl2O2. The van der Waals surface area contributed by atoms with Crippen LogP contribution < -0.4 is 9.47 Å². The van der Waals surface area contributed by atoms with E-state index in [1.165, 1.54) is 0 Å². The van der Waals surface area contributed by atoms with Crippen molar-refractivity contribution in [2.75, 3.05) is 7.11 Å². The third-order valence-corrected chi connectivity index (χ3v) is 3.85. The first-order chi connectivity index (χ1) is 9.10. The summed E-state index contributed by atoms with van der Waals surface area (Å²) in [6.45, 7) is 0.373. The molecule has 2 aromatic rings. The fraction of sp³-hybridized carbons (Fsp3) is 0.143. The van der Waals surface area contributed by atoms with Crippen LogP contribution in [0, 0.1) is 0 Å². The van der Waals surface area contributed by atoms with Gasteiger partial charge in [0.1, 0.15) is 18.1 Å². The average molecular weight is 362 g/mol. The summed E-state index contributed by atoms with van der Waals surface area (Å²) in [6.07, 6.45) is 0. The SMILES string of the molecule is COc1ccc(Br)c(COc2cc(Cl)ccc2Cl)c1. The zero-order valence-electron chi connectivity index (χ0n) is 10.1. The molecule has 0 N–H and O–H groups in total. The Morgan fingerprint density at radius 1 is 1.11 bits per heavy atom. The first kappa shape index (κ1) is 14.5. The highest BCUT2D eigenvalue weighted by molar-refractivity contribution is 9.10. The fourth-order valence-electron chi connectivity index (χ4n) is 1.53. The first-order valence-electron chi connectivity index (χ1n) is 5.50. The van der Waals surface area contributed by atoms with Gasteiger partial charge in [0.25, 0.3) is 0 Å². The minimum atomic E-state index is 0.373.